The minimum absolute atomic E-state index is 0.340. The Balaban J connectivity index is 2.15. The molecule has 1 N–H and O–H groups in total. The molecule has 0 spiro atoms. The molecular formula is C10H22N2O2. The Hall–Kier alpha value is -0.160. The van der Waals surface area contributed by atoms with Crippen molar-refractivity contribution in [2.45, 2.75) is 13.0 Å². The van der Waals surface area contributed by atoms with Gasteiger partial charge in [-0.05, 0) is 6.54 Å². The van der Waals surface area contributed by atoms with Crippen LogP contribution in [0.2, 0.25) is 0 Å². The molecule has 1 rings (SSSR count). The van der Waals surface area contributed by atoms with Crippen molar-refractivity contribution in [2.75, 3.05) is 53.0 Å². The monoisotopic (exact) mass is 202 g/mol. The van der Waals surface area contributed by atoms with Crippen molar-refractivity contribution in [1.29, 1.82) is 0 Å². The zero-order valence-electron chi connectivity index (χ0n) is 9.28. The summed E-state index contributed by atoms with van der Waals surface area (Å²) in [6.45, 7) is 8.87. The number of nitrogens with zero attached hydrogens (tertiary/aromatic N) is 2. The van der Waals surface area contributed by atoms with Crippen LogP contribution in [0.5, 0.6) is 0 Å². The van der Waals surface area contributed by atoms with Gasteiger partial charge in [0.15, 0.2) is 0 Å². The fourth-order valence-electron chi connectivity index (χ4n) is 1.83. The van der Waals surface area contributed by atoms with Crippen LogP contribution in [0, 0.1) is 0 Å². The summed E-state index contributed by atoms with van der Waals surface area (Å²) in [7, 11) is 1.62. The summed E-state index contributed by atoms with van der Waals surface area (Å²) in [6.07, 6.45) is -0.340. The molecule has 14 heavy (non-hydrogen) atoms. The van der Waals surface area contributed by atoms with E-state index < -0.39 is 0 Å². The molecule has 1 fully saturated rings. The van der Waals surface area contributed by atoms with E-state index in [-0.39, 0.29) is 6.10 Å². The standard InChI is InChI=1S/C10H22N2O2/c1-3-11-4-6-12(7-5-11)8-10(13)9-14-2/h10,13H,3-9H2,1-2H3. The second kappa shape index (κ2) is 6.35. The van der Waals surface area contributed by atoms with Crippen molar-refractivity contribution < 1.29 is 9.84 Å². The highest BCUT2D eigenvalue weighted by Gasteiger charge is 2.17. The zero-order valence-corrected chi connectivity index (χ0v) is 9.28. The summed E-state index contributed by atoms with van der Waals surface area (Å²) in [6, 6.07) is 0. The zero-order chi connectivity index (χ0) is 10.4. The third-order valence-electron chi connectivity index (χ3n) is 2.74. The van der Waals surface area contributed by atoms with Gasteiger partial charge >= 0.3 is 0 Å². The van der Waals surface area contributed by atoms with E-state index in [4.69, 9.17) is 4.74 Å². The first-order valence-electron chi connectivity index (χ1n) is 5.38. The number of β-amino-alcohol motifs (C(OH)–C–C–N with tert-alkyl or cyclic N) is 1. The molecule has 4 heteroatoms. The fraction of sp³-hybridized carbons (Fsp3) is 1.00. The molecule has 4 nitrogen and oxygen atoms in total. The van der Waals surface area contributed by atoms with Gasteiger partial charge in [-0.25, -0.2) is 0 Å². The van der Waals surface area contributed by atoms with E-state index in [0.29, 0.717) is 6.61 Å². The van der Waals surface area contributed by atoms with Gasteiger partial charge in [-0.15, -0.1) is 0 Å². The molecule has 0 saturated carbocycles. The van der Waals surface area contributed by atoms with Crippen molar-refractivity contribution in [1.82, 2.24) is 9.80 Å². The molecule has 1 saturated heterocycles. The van der Waals surface area contributed by atoms with Crippen LogP contribution < -0.4 is 0 Å². The lowest BCUT2D eigenvalue weighted by Crippen LogP contribution is -2.48. The van der Waals surface area contributed by atoms with Crippen LogP contribution >= 0.6 is 0 Å². The van der Waals surface area contributed by atoms with Gasteiger partial charge in [-0.1, -0.05) is 6.92 Å². The van der Waals surface area contributed by atoms with Crippen LogP contribution in [0.3, 0.4) is 0 Å². The number of hydrogen-bond acceptors (Lipinski definition) is 4. The van der Waals surface area contributed by atoms with Crippen molar-refractivity contribution in [3.63, 3.8) is 0 Å². The third kappa shape index (κ3) is 3.92. The van der Waals surface area contributed by atoms with Gasteiger partial charge in [0.25, 0.3) is 0 Å². The van der Waals surface area contributed by atoms with Gasteiger partial charge in [0.1, 0.15) is 0 Å². The molecule has 0 aromatic rings. The predicted molar refractivity (Wildman–Crippen MR) is 56.4 cm³/mol. The average molecular weight is 202 g/mol. The Morgan fingerprint density at radius 3 is 2.29 bits per heavy atom. The molecule has 84 valence electrons. The highest BCUT2D eigenvalue weighted by molar-refractivity contribution is 4.73. The molecule has 1 aliphatic heterocycles. The largest absolute Gasteiger partial charge is 0.389 e. The molecule has 0 aliphatic carbocycles. The first kappa shape index (κ1) is 11.9. The van der Waals surface area contributed by atoms with Gasteiger partial charge in [0.05, 0.1) is 12.7 Å². The Kier molecular flexibility index (Phi) is 5.40. The minimum Gasteiger partial charge on any atom is -0.389 e. The van der Waals surface area contributed by atoms with E-state index >= 15 is 0 Å². The quantitative estimate of drug-likeness (QED) is 0.660. The number of methoxy groups -OCH3 is 1. The number of ether oxygens (including phenoxy) is 1. The number of hydrogen-bond donors (Lipinski definition) is 1. The molecule has 0 amide bonds. The van der Waals surface area contributed by atoms with Gasteiger partial charge in [-0.2, -0.15) is 0 Å². The number of aliphatic hydroxyl groups is 1. The maximum absolute atomic E-state index is 9.54. The molecule has 0 radical (unpaired) electrons. The van der Waals surface area contributed by atoms with E-state index in [2.05, 4.69) is 16.7 Å². The van der Waals surface area contributed by atoms with Gasteiger partial charge in [0, 0.05) is 39.8 Å². The van der Waals surface area contributed by atoms with Crippen LogP contribution in [-0.2, 0) is 4.74 Å². The van der Waals surface area contributed by atoms with E-state index in [1.165, 1.54) is 0 Å². The van der Waals surface area contributed by atoms with Crippen LogP contribution in [0.25, 0.3) is 0 Å². The molecule has 1 atom stereocenters. The van der Waals surface area contributed by atoms with Crippen LogP contribution in [0.4, 0.5) is 0 Å². The lowest BCUT2D eigenvalue weighted by Gasteiger charge is -2.34. The number of rotatable bonds is 5. The second-order valence-corrected chi connectivity index (χ2v) is 3.84. The molecule has 1 heterocycles. The lowest BCUT2D eigenvalue weighted by molar-refractivity contribution is 0.0245. The normalized spacial score (nSPS) is 22.5. The Labute approximate surface area is 86.4 Å². The summed E-state index contributed by atoms with van der Waals surface area (Å²) in [5.74, 6) is 0. The number of aliphatic hydroxyl groups excluding tert-OH is 1. The summed E-state index contributed by atoms with van der Waals surface area (Å²) in [4.78, 5) is 4.73. The van der Waals surface area contributed by atoms with Crippen molar-refractivity contribution in [3.05, 3.63) is 0 Å². The molecular weight excluding hydrogens is 180 g/mol. The topological polar surface area (TPSA) is 35.9 Å². The number of likely N-dealkylation sites (N-methyl/N-ethyl adjacent to an activating group) is 1. The molecule has 1 unspecified atom stereocenters. The lowest BCUT2D eigenvalue weighted by atomic mass is 10.2. The first-order chi connectivity index (χ1) is 6.76. The minimum atomic E-state index is -0.340. The SMILES string of the molecule is CCN1CCN(CC(O)COC)CC1. The summed E-state index contributed by atoms with van der Waals surface area (Å²) >= 11 is 0. The summed E-state index contributed by atoms with van der Waals surface area (Å²) in [5, 5.41) is 9.54. The number of piperazine rings is 1. The van der Waals surface area contributed by atoms with Crippen molar-refractivity contribution in [3.8, 4) is 0 Å². The molecule has 0 aromatic carbocycles. The van der Waals surface area contributed by atoms with E-state index in [1.807, 2.05) is 0 Å². The van der Waals surface area contributed by atoms with Crippen molar-refractivity contribution in [2.24, 2.45) is 0 Å². The first-order valence-corrected chi connectivity index (χ1v) is 5.38. The predicted octanol–water partition coefficient (Wildman–Crippen LogP) is -0.369. The van der Waals surface area contributed by atoms with Gasteiger partial charge < -0.3 is 14.7 Å². The fourth-order valence-corrected chi connectivity index (χ4v) is 1.83. The highest BCUT2D eigenvalue weighted by Crippen LogP contribution is 2.02. The maximum atomic E-state index is 9.54. The third-order valence-corrected chi connectivity index (χ3v) is 2.74. The highest BCUT2D eigenvalue weighted by atomic mass is 16.5. The summed E-state index contributed by atoms with van der Waals surface area (Å²) in [5.41, 5.74) is 0. The van der Waals surface area contributed by atoms with Crippen LogP contribution in [-0.4, -0.2) is 74.0 Å². The molecule has 0 bridgehead atoms. The van der Waals surface area contributed by atoms with Crippen LogP contribution in [0.15, 0.2) is 0 Å². The average Bonchev–Trinajstić information content (AvgIpc) is 2.19. The van der Waals surface area contributed by atoms with E-state index in [1.54, 1.807) is 7.11 Å². The van der Waals surface area contributed by atoms with Gasteiger partial charge in [-0.3, -0.25) is 4.90 Å². The van der Waals surface area contributed by atoms with E-state index in [0.717, 1.165) is 39.3 Å². The van der Waals surface area contributed by atoms with Crippen LogP contribution in [0.1, 0.15) is 6.92 Å². The maximum Gasteiger partial charge on any atom is 0.0900 e. The van der Waals surface area contributed by atoms with Gasteiger partial charge in [0.2, 0.25) is 0 Å². The van der Waals surface area contributed by atoms with E-state index in [9.17, 15) is 5.11 Å². The Bertz CT molecular complexity index is 147. The molecule has 0 aromatic heterocycles. The Morgan fingerprint density at radius 1 is 1.21 bits per heavy atom. The Morgan fingerprint density at radius 2 is 1.79 bits per heavy atom. The smallest absolute Gasteiger partial charge is 0.0900 e. The second-order valence-electron chi connectivity index (χ2n) is 3.84. The molecule has 1 aliphatic rings. The van der Waals surface area contributed by atoms with Crippen molar-refractivity contribution >= 4 is 0 Å². The summed E-state index contributed by atoms with van der Waals surface area (Å²) < 4.78 is 4.90.